The third kappa shape index (κ3) is 6.66. The fraction of sp³-hybridized carbons (Fsp3) is 0.300. The number of fused-ring (bicyclic) bond motifs is 20. The van der Waals surface area contributed by atoms with Crippen LogP contribution in [0.3, 0.4) is 0 Å². The highest BCUT2D eigenvalue weighted by atomic mass is 15.0. The lowest BCUT2D eigenvalue weighted by molar-refractivity contribution is 0.712. The topological polar surface area (TPSA) is 111 Å². The van der Waals surface area contributed by atoms with E-state index in [0.29, 0.717) is 0 Å². The lowest BCUT2D eigenvalue weighted by atomic mass is 9.82. The van der Waals surface area contributed by atoms with Gasteiger partial charge in [-0.2, -0.15) is 4.99 Å². The summed E-state index contributed by atoms with van der Waals surface area (Å²) in [4.78, 5) is 37.2. The third-order valence-corrected chi connectivity index (χ3v) is 20.5. The lowest BCUT2D eigenvalue weighted by Gasteiger charge is -2.16. The van der Waals surface area contributed by atoms with Crippen LogP contribution in [0.15, 0.2) is 123 Å². The van der Waals surface area contributed by atoms with Crippen molar-refractivity contribution < 1.29 is 0 Å². The second kappa shape index (κ2) is 18.4. The molecule has 0 unspecified atom stereocenters. The first kappa shape index (κ1) is 53.4. The van der Waals surface area contributed by atoms with Crippen molar-refractivity contribution in [3.05, 3.63) is 195 Å². The van der Waals surface area contributed by atoms with Crippen molar-refractivity contribution in [1.82, 2.24) is 19.9 Å². The number of nitrogens with one attached hydrogen (secondary N) is 4. The largest absolute Gasteiger partial charge is 0.654 e. The summed E-state index contributed by atoms with van der Waals surface area (Å²) in [6.07, 6.45) is 0. The van der Waals surface area contributed by atoms with Crippen molar-refractivity contribution in [3.8, 4) is 0 Å². The zero-order valence-electron chi connectivity index (χ0n) is 53.6. The van der Waals surface area contributed by atoms with Gasteiger partial charge >= 0.3 is 0 Å². The summed E-state index contributed by atoms with van der Waals surface area (Å²) in [5.41, 5.74) is 19.5. The molecule has 88 heavy (non-hydrogen) atoms. The van der Waals surface area contributed by atoms with Gasteiger partial charge < -0.3 is 19.9 Å². The van der Waals surface area contributed by atoms with Crippen LogP contribution in [0.25, 0.3) is 115 Å². The molecule has 436 valence electrons. The van der Waals surface area contributed by atoms with Crippen LogP contribution >= 0.6 is 0 Å². The summed E-state index contributed by atoms with van der Waals surface area (Å²) in [6.45, 7) is 37.7. The van der Waals surface area contributed by atoms with Crippen molar-refractivity contribution in [2.75, 3.05) is 5.32 Å². The van der Waals surface area contributed by atoms with Gasteiger partial charge in [0.05, 0.1) is 55.1 Å². The zero-order chi connectivity index (χ0) is 60.7. The Morgan fingerprint density at radius 1 is 0.364 bits per heavy atom. The fourth-order valence-electron chi connectivity index (χ4n) is 17.3. The SMILES string of the molecule is CC(C)C1=c2c3c4c(c5ccccc25)[C+](C(C)C)C(=C2N=c5c6c(c7ccccc7c5=C2C(C)C)=C(C(C)C)C(=c2[n-]c5c7[nH]c(c(C(C)C)c7c7ccccc7c5c2C(C)C)=c2[nH]c5c7[nH]c(c(C(C)C)c7c7ccccc7c5c2C(C)C)=C1N=3)N=6)N4. The van der Waals surface area contributed by atoms with Gasteiger partial charge in [0.2, 0.25) is 0 Å². The van der Waals surface area contributed by atoms with Crippen LogP contribution in [0, 0.1) is 40.3 Å². The fourth-order valence-corrected chi connectivity index (χ4v) is 17.3. The number of benzene rings is 8. The second-order valence-electron chi connectivity index (χ2n) is 28.5. The van der Waals surface area contributed by atoms with Gasteiger partial charge in [0.15, 0.2) is 17.1 Å². The van der Waals surface area contributed by atoms with Gasteiger partial charge in [-0.05, 0) is 133 Å². The van der Waals surface area contributed by atoms with Gasteiger partial charge in [0.25, 0.3) is 0 Å². The Balaban J connectivity index is 1.20. The lowest BCUT2D eigenvalue weighted by Crippen LogP contribution is -2.47. The molecule has 5 aliphatic rings. The molecular weight excluding hydrogens is 1070 g/mol. The molecule has 0 saturated carbocycles. The number of aromatic nitrogens is 4. The van der Waals surface area contributed by atoms with E-state index in [0.717, 1.165) is 88.0 Å². The Hall–Kier alpha value is -8.88. The summed E-state index contributed by atoms with van der Waals surface area (Å²) in [5, 5.41) is 29.9. The van der Waals surface area contributed by atoms with E-state index < -0.39 is 0 Å². The summed E-state index contributed by atoms with van der Waals surface area (Å²) >= 11 is 0. The van der Waals surface area contributed by atoms with E-state index >= 15 is 0 Å². The molecule has 8 nitrogen and oxygen atoms in total. The van der Waals surface area contributed by atoms with Gasteiger partial charge in [0, 0.05) is 54.2 Å². The van der Waals surface area contributed by atoms with Crippen LogP contribution in [0.1, 0.15) is 162 Å². The van der Waals surface area contributed by atoms with E-state index in [1.54, 1.807) is 0 Å². The number of H-pyrrole nitrogens is 3. The summed E-state index contributed by atoms with van der Waals surface area (Å²) in [6, 6.07) is 36.5. The van der Waals surface area contributed by atoms with Crippen LogP contribution < -0.4 is 52.7 Å². The maximum absolute atomic E-state index is 6.10. The van der Waals surface area contributed by atoms with Crippen molar-refractivity contribution in [1.29, 1.82) is 0 Å². The molecule has 0 atom stereocenters. The number of aromatic amines is 3. The monoisotopic (exact) mass is 1150 g/mol. The highest BCUT2D eigenvalue weighted by molar-refractivity contribution is 6.27. The number of anilines is 1. The van der Waals surface area contributed by atoms with Crippen LogP contribution in [0.2, 0.25) is 0 Å². The van der Waals surface area contributed by atoms with E-state index in [4.69, 9.17) is 20.0 Å². The number of hydrogen-bond donors (Lipinski definition) is 4. The van der Waals surface area contributed by atoms with Gasteiger partial charge in [-0.3, -0.25) is 5.32 Å². The number of hydrogen-bond acceptors (Lipinski definition) is 4. The van der Waals surface area contributed by atoms with Crippen LogP contribution in [-0.2, 0) is 0 Å². The third-order valence-electron chi connectivity index (χ3n) is 20.5. The van der Waals surface area contributed by atoms with Crippen molar-refractivity contribution >= 4 is 121 Å². The molecule has 0 amide bonds. The summed E-state index contributed by atoms with van der Waals surface area (Å²) in [5.74, 6) is 2.38. The van der Waals surface area contributed by atoms with Gasteiger partial charge in [0.1, 0.15) is 16.3 Å². The quantitative estimate of drug-likeness (QED) is 0.114. The van der Waals surface area contributed by atoms with E-state index in [1.807, 2.05) is 0 Å². The first-order valence-corrected chi connectivity index (χ1v) is 32.6. The zero-order valence-corrected chi connectivity index (χ0v) is 53.6. The summed E-state index contributed by atoms with van der Waals surface area (Å²) in [7, 11) is 0. The Labute approximate surface area is 511 Å². The second-order valence-corrected chi connectivity index (χ2v) is 28.5. The van der Waals surface area contributed by atoms with Crippen LogP contribution in [0.5, 0.6) is 0 Å². The maximum Gasteiger partial charge on any atom is 0.163 e. The molecule has 4 aromatic heterocycles. The van der Waals surface area contributed by atoms with Crippen molar-refractivity contribution in [3.63, 3.8) is 0 Å². The van der Waals surface area contributed by atoms with E-state index in [9.17, 15) is 0 Å². The molecule has 9 heterocycles. The number of nitrogens with zero attached hydrogens (tertiary/aromatic N) is 4. The molecule has 8 heteroatoms. The molecule has 12 aromatic rings. The van der Waals surface area contributed by atoms with Gasteiger partial charge in [-0.15, -0.1) is 10.9 Å². The van der Waals surface area contributed by atoms with E-state index in [-0.39, 0.29) is 47.3 Å². The predicted molar refractivity (Wildman–Crippen MR) is 367 cm³/mol. The first-order valence-electron chi connectivity index (χ1n) is 32.6. The Morgan fingerprint density at radius 3 is 1.23 bits per heavy atom. The van der Waals surface area contributed by atoms with E-state index in [2.05, 4.69) is 228 Å². The Bertz CT molecular complexity index is 5980. The number of allylic oxidation sites excluding steroid dienone is 2. The molecule has 0 radical (unpaired) electrons. The minimum atomic E-state index is 0.115. The molecular formula is C80H76N8. The van der Waals surface area contributed by atoms with Crippen LogP contribution in [-0.4, -0.2) is 15.0 Å². The smallest absolute Gasteiger partial charge is 0.163 e. The Kier molecular flexibility index (Phi) is 11.1. The molecule has 5 aliphatic heterocycles. The molecule has 0 saturated heterocycles. The van der Waals surface area contributed by atoms with Gasteiger partial charge in [-0.1, -0.05) is 187 Å². The molecule has 0 fully saturated rings. The normalized spacial score (nSPS) is 15.4. The minimum absolute atomic E-state index is 0.115. The molecule has 8 aromatic carbocycles. The van der Waals surface area contributed by atoms with Crippen molar-refractivity contribution in [2.45, 2.75) is 134 Å². The minimum Gasteiger partial charge on any atom is -0.654 e. The average Bonchev–Trinajstić information content (AvgIpc) is 1.55. The molecule has 0 aliphatic carbocycles. The van der Waals surface area contributed by atoms with E-state index in [1.165, 1.54) is 131 Å². The average molecular weight is 1150 g/mol. The Morgan fingerprint density at radius 2 is 0.739 bits per heavy atom. The number of rotatable bonds is 8. The molecule has 0 spiro atoms. The van der Waals surface area contributed by atoms with Crippen molar-refractivity contribution in [2.24, 2.45) is 38.6 Å². The van der Waals surface area contributed by atoms with Crippen LogP contribution in [0.4, 0.5) is 5.69 Å². The molecule has 17 rings (SSSR count). The first-order chi connectivity index (χ1) is 42.4. The standard InChI is InChI=1S/C80H76N8/c1-33(2)49-57-41-25-17-18-26-42(41)58-51(35(5)6)67-68-53(37(9)10)61-45-29-21-22-30-46(45)63-55(39(13)14)71(87-78(63)77(61)85-68)72-56(40(15)16)64-48-32-24-23-31-47(48)62-54(38(11)12)70(86-79(62)80(64)88-72)69-52(36(7)8)60-44-28-20-19-27-43(44)59-50(34(3)4)66(82-75(59)76(60)84-69)65(49)81-73(57)74(58)83-67/h17-40,81-83,87H,1-16H3. The van der Waals surface area contributed by atoms with Gasteiger partial charge in [-0.25, -0.2) is 9.98 Å². The molecule has 16 bridgehead atoms. The molecule has 4 N–H and O–H groups in total. The highest BCUT2D eigenvalue weighted by Gasteiger charge is 2.46. The predicted octanol–water partition coefficient (Wildman–Crippen LogP) is 14.8. The maximum atomic E-state index is 6.10. The highest BCUT2D eigenvalue weighted by Crippen LogP contribution is 2.49. The summed E-state index contributed by atoms with van der Waals surface area (Å²) < 4.78 is 0.